The quantitative estimate of drug-likeness (QED) is 0.433. The van der Waals surface area contributed by atoms with Crippen LogP contribution in [0, 0.1) is 6.92 Å². The smallest absolute Gasteiger partial charge is 0.251 e. The molecular weight excluding hydrogens is 418 g/mol. The van der Waals surface area contributed by atoms with E-state index in [1.807, 2.05) is 19.9 Å². The molecule has 2 aromatic rings. The Bertz CT molecular complexity index is 975. The number of nitrogens with one attached hydrogen (secondary N) is 3. The molecule has 0 saturated carbocycles. The largest absolute Gasteiger partial charge is 0.382 e. The topological polar surface area (TPSA) is 114 Å². The highest BCUT2D eigenvalue weighted by Gasteiger charge is 2.13. The molecule has 0 fully saturated rings. The highest BCUT2D eigenvalue weighted by molar-refractivity contribution is 7.89. The van der Waals surface area contributed by atoms with Gasteiger partial charge in [-0.25, -0.2) is 13.1 Å². The lowest BCUT2D eigenvalue weighted by molar-refractivity contribution is -0.116. The molecule has 2 amide bonds. The molecule has 0 unspecified atom stereocenters. The molecule has 2 aromatic carbocycles. The van der Waals surface area contributed by atoms with Crippen LogP contribution in [0.15, 0.2) is 53.4 Å². The molecule has 31 heavy (non-hydrogen) atoms. The maximum absolute atomic E-state index is 12.3. The van der Waals surface area contributed by atoms with Crippen LogP contribution in [0.3, 0.4) is 0 Å². The van der Waals surface area contributed by atoms with Gasteiger partial charge in [-0.1, -0.05) is 17.7 Å². The first-order valence-corrected chi connectivity index (χ1v) is 11.6. The molecular formula is C22H29N3O5S. The molecule has 168 valence electrons. The zero-order valence-electron chi connectivity index (χ0n) is 17.8. The van der Waals surface area contributed by atoms with Crippen molar-refractivity contribution in [3.8, 4) is 0 Å². The Kier molecular flexibility index (Phi) is 9.64. The minimum Gasteiger partial charge on any atom is -0.382 e. The standard InChI is InChI=1S/C22H29N3O5S/c1-3-30-15-5-13-24-31(28,29)20-10-8-19(9-11-20)25-21(26)12-14-23-22(27)18-7-4-6-17(2)16-18/h4,6-11,16,24H,3,5,12-15H2,1-2H3,(H,23,27)(H,25,26). The van der Waals surface area contributed by atoms with E-state index in [1.54, 1.807) is 18.2 Å². The third kappa shape index (κ3) is 8.49. The Morgan fingerprint density at radius 3 is 2.45 bits per heavy atom. The molecule has 0 bridgehead atoms. The zero-order valence-corrected chi connectivity index (χ0v) is 18.6. The molecule has 3 N–H and O–H groups in total. The Hall–Kier alpha value is -2.75. The van der Waals surface area contributed by atoms with Crippen LogP contribution in [0.5, 0.6) is 0 Å². The number of carbonyl (C=O) groups excluding carboxylic acids is 2. The van der Waals surface area contributed by atoms with Crippen molar-refractivity contribution in [2.24, 2.45) is 0 Å². The van der Waals surface area contributed by atoms with Crippen molar-refractivity contribution in [1.29, 1.82) is 0 Å². The van der Waals surface area contributed by atoms with E-state index < -0.39 is 10.0 Å². The van der Waals surface area contributed by atoms with Crippen molar-refractivity contribution in [2.75, 3.05) is 31.6 Å². The van der Waals surface area contributed by atoms with Crippen molar-refractivity contribution in [2.45, 2.75) is 31.6 Å². The normalized spacial score (nSPS) is 11.2. The second kappa shape index (κ2) is 12.2. The number of sulfonamides is 1. The van der Waals surface area contributed by atoms with E-state index >= 15 is 0 Å². The second-order valence-corrected chi connectivity index (χ2v) is 8.66. The van der Waals surface area contributed by atoms with Crippen LogP contribution in [0.4, 0.5) is 5.69 Å². The molecule has 8 nitrogen and oxygen atoms in total. The van der Waals surface area contributed by atoms with Crippen LogP contribution in [-0.2, 0) is 19.6 Å². The predicted octanol–water partition coefficient (Wildman–Crippen LogP) is 2.46. The Morgan fingerprint density at radius 1 is 1.03 bits per heavy atom. The van der Waals surface area contributed by atoms with Crippen LogP contribution >= 0.6 is 0 Å². The number of benzene rings is 2. The lowest BCUT2D eigenvalue weighted by Crippen LogP contribution is -2.27. The summed E-state index contributed by atoms with van der Waals surface area (Å²) >= 11 is 0. The fourth-order valence-electron chi connectivity index (χ4n) is 2.73. The number of ether oxygens (including phenoxy) is 1. The first-order chi connectivity index (χ1) is 14.8. The maximum atomic E-state index is 12.3. The van der Waals surface area contributed by atoms with Crippen molar-refractivity contribution in [1.82, 2.24) is 10.0 Å². The molecule has 2 rings (SSSR count). The van der Waals surface area contributed by atoms with Gasteiger partial charge in [-0.2, -0.15) is 0 Å². The Morgan fingerprint density at radius 2 is 1.77 bits per heavy atom. The summed E-state index contributed by atoms with van der Waals surface area (Å²) in [5.41, 5.74) is 2.01. The van der Waals surface area contributed by atoms with Gasteiger partial charge in [-0.15, -0.1) is 0 Å². The van der Waals surface area contributed by atoms with Gasteiger partial charge in [0.1, 0.15) is 0 Å². The van der Waals surface area contributed by atoms with Gasteiger partial charge in [0, 0.05) is 44.0 Å². The van der Waals surface area contributed by atoms with Gasteiger partial charge < -0.3 is 15.4 Å². The number of hydrogen-bond acceptors (Lipinski definition) is 5. The zero-order chi connectivity index (χ0) is 22.7. The van der Waals surface area contributed by atoms with E-state index in [1.165, 1.54) is 24.3 Å². The van der Waals surface area contributed by atoms with Crippen molar-refractivity contribution in [3.63, 3.8) is 0 Å². The van der Waals surface area contributed by atoms with Crippen LogP contribution in [0.1, 0.15) is 35.7 Å². The van der Waals surface area contributed by atoms with Crippen LogP contribution in [0.25, 0.3) is 0 Å². The second-order valence-electron chi connectivity index (χ2n) is 6.90. The highest BCUT2D eigenvalue weighted by Crippen LogP contribution is 2.14. The number of amides is 2. The van der Waals surface area contributed by atoms with Gasteiger partial charge >= 0.3 is 0 Å². The summed E-state index contributed by atoms with van der Waals surface area (Å²) in [6.45, 7) is 5.35. The summed E-state index contributed by atoms with van der Waals surface area (Å²) in [5.74, 6) is -0.519. The summed E-state index contributed by atoms with van der Waals surface area (Å²) in [6.07, 6.45) is 0.681. The molecule has 0 atom stereocenters. The lowest BCUT2D eigenvalue weighted by Gasteiger charge is -2.09. The molecule has 0 spiro atoms. The summed E-state index contributed by atoms with van der Waals surface area (Å²) in [7, 11) is -3.61. The Balaban J connectivity index is 1.77. The van der Waals surface area contributed by atoms with E-state index in [2.05, 4.69) is 15.4 Å². The predicted molar refractivity (Wildman–Crippen MR) is 119 cm³/mol. The molecule has 0 saturated heterocycles. The van der Waals surface area contributed by atoms with Gasteiger partial charge in [-0.05, 0) is 56.7 Å². The van der Waals surface area contributed by atoms with Crippen molar-refractivity contribution < 1.29 is 22.7 Å². The molecule has 0 heterocycles. The average Bonchev–Trinajstić information content (AvgIpc) is 2.74. The van der Waals surface area contributed by atoms with Crippen molar-refractivity contribution >= 4 is 27.5 Å². The first-order valence-electron chi connectivity index (χ1n) is 10.1. The summed E-state index contributed by atoms with van der Waals surface area (Å²) in [6, 6.07) is 13.1. The van der Waals surface area contributed by atoms with E-state index in [9.17, 15) is 18.0 Å². The van der Waals surface area contributed by atoms with E-state index in [0.29, 0.717) is 30.9 Å². The summed E-state index contributed by atoms with van der Waals surface area (Å²) < 4.78 is 32.2. The van der Waals surface area contributed by atoms with E-state index in [-0.39, 0.29) is 36.2 Å². The maximum Gasteiger partial charge on any atom is 0.251 e. The third-order valence-electron chi connectivity index (χ3n) is 4.33. The van der Waals surface area contributed by atoms with Gasteiger partial charge in [0.15, 0.2) is 0 Å². The molecule has 0 aliphatic rings. The third-order valence-corrected chi connectivity index (χ3v) is 5.80. The number of hydrogen-bond donors (Lipinski definition) is 3. The van der Waals surface area contributed by atoms with Gasteiger partial charge in [0.05, 0.1) is 4.90 Å². The number of anilines is 1. The summed E-state index contributed by atoms with van der Waals surface area (Å²) in [5, 5.41) is 5.40. The molecule has 0 aliphatic carbocycles. The molecule has 9 heteroatoms. The van der Waals surface area contributed by atoms with Crippen LogP contribution in [-0.4, -0.2) is 46.5 Å². The molecule has 0 aliphatic heterocycles. The van der Waals surface area contributed by atoms with Gasteiger partial charge in [0.2, 0.25) is 15.9 Å². The number of carbonyl (C=O) groups is 2. The molecule has 0 aromatic heterocycles. The fraction of sp³-hybridized carbons (Fsp3) is 0.364. The average molecular weight is 448 g/mol. The SMILES string of the molecule is CCOCCCNS(=O)(=O)c1ccc(NC(=O)CCNC(=O)c2cccc(C)c2)cc1. The van der Waals surface area contributed by atoms with Crippen LogP contribution in [0.2, 0.25) is 0 Å². The first kappa shape index (κ1) is 24.5. The minimum absolute atomic E-state index is 0.0962. The van der Waals surface area contributed by atoms with Crippen molar-refractivity contribution in [3.05, 3.63) is 59.7 Å². The minimum atomic E-state index is -3.61. The van der Waals surface area contributed by atoms with Gasteiger partial charge in [-0.3, -0.25) is 9.59 Å². The lowest BCUT2D eigenvalue weighted by atomic mass is 10.1. The molecule has 0 radical (unpaired) electrons. The van der Waals surface area contributed by atoms with E-state index in [0.717, 1.165) is 5.56 Å². The van der Waals surface area contributed by atoms with Crippen LogP contribution < -0.4 is 15.4 Å². The fourth-order valence-corrected chi connectivity index (χ4v) is 3.80. The highest BCUT2D eigenvalue weighted by atomic mass is 32.2. The summed E-state index contributed by atoms with van der Waals surface area (Å²) in [4.78, 5) is 24.3. The Labute approximate surface area is 183 Å². The number of aryl methyl sites for hydroxylation is 1. The number of rotatable bonds is 12. The monoisotopic (exact) mass is 447 g/mol. The van der Waals surface area contributed by atoms with E-state index in [4.69, 9.17) is 4.74 Å². The van der Waals surface area contributed by atoms with Gasteiger partial charge in [0.25, 0.3) is 5.91 Å².